The number of ether oxygens (including phenoxy) is 1. The molecule has 15 heavy (non-hydrogen) atoms. The first-order chi connectivity index (χ1) is 7.16. The Morgan fingerprint density at radius 1 is 1.53 bits per heavy atom. The third-order valence-corrected chi connectivity index (χ3v) is 2.93. The van der Waals surface area contributed by atoms with Crippen molar-refractivity contribution in [3.63, 3.8) is 0 Å². The van der Waals surface area contributed by atoms with Gasteiger partial charge in [0.15, 0.2) is 0 Å². The second-order valence-corrected chi connectivity index (χ2v) is 4.02. The van der Waals surface area contributed by atoms with Crippen molar-refractivity contribution in [3.8, 4) is 5.75 Å². The molecule has 1 aromatic rings. The molecule has 0 amide bonds. The molecule has 0 fully saturated rings. The zero-order valence-electron chi connectivity index (χ0n) is 8.69. The lowest BCUT2D eigenvalue weighted by molar-refractivity contribution is 0.144. The Hall–Kier alpha value is -1.51. The largest absolute Gasteiger partial charge is 0.511 e. The number of carboxylic acid groups (broad SMARTS) is 1. The fourth-order valence-corrected chi connectivity index (χ4v) is 2.20. The standard InChI is InChI=1S/C12H14O3/c1-8-3-2-4-9-7-10(15-12(13)14)5-6-11(8)9/h5-8H,2-4H2,1H3,(H,13,14). The van der Waals surface area contributed by atoms with Crippen LogP contribution in [0.1, 0.15) is 36.8 Å². The van der Waals surface area contributed by atoms with Gasteiger partial charge in [-0.2, -0.15) is 0 Å². The van der Waals surface area contributed by atoms with Crippen LogP contribution in [0, 0.1) is 0 Å². The van der Waals surface area contributed by atoms with Crippen molar-refractivity contribution in [1.29, 1.82) is 0 Å². The predicted octanol–water partition coefficient (Wildman–Crippen LogP) is 3.18. The van der Waals surface area contributed by atoms with Crippen molar-refractivity contribution in [2.24, 2.45) is 0 Å². The fraction of sp³-hybridized carbons (Fsp3) is 0.417. The van der Waals surface area contributed by atoms with Gasteiger partial charge in [-0.1, -0.05) is 13.0 Å². The third kappa shape index (κ3) is 2.12. The summed E-state index contributed by atoms with van der Waals surface area (Å²) in [4.78, 5) is 10.4. The van der Waals surface area contributed by atoms with Gasteiger partial charge in [-0.3, -0.25) is 0 Å². The Balaban J connectivity index is 2.29. The van der Waals surface area contributed by atoms with Gasteiger partial charge in [0.05, 0.1) is 0 Å². The molecule has 1 aromatic carbocycles. The maximum absolute atomic E-state index is 10.4. The highest BCUT2D eigenvalue weighted by molar-refractivity contribution is 5.61. The van der Waals surface area contributed by atoms with Crippen LogP contribution >= 0.6 is 0 Å². The van der Waals surface area contributed by atoms with Crippen LogP contribution in [0.3, 0.4) is 0 Å². The smallest absolute Gasteiger partial charge is 0.449 e. The molecule has 3 heteroatoms. The maximum atomic E-state index is 10.4. The van der Waals surface area contributed by atoms with E-state index >= 15 is 0 Å². The number of carbonyl (C=O) groups is 1. The molecule has 0 aliphatic heterocycles. The highest BCUT2D eigenvalue weighted by Crippen LogP contribution is 2.33. The molecule has 1 unspecified atom stereocenters. The minimum Gasteiger partial charge on any atom is -0.449 e. The van der Waals surface area contributed by atoms with Gasteiger partial charge in [-0.05, 0) is 48.4 Å². The van der Waals surface area contributed by atoms with Gasteiger partial charge in [-0.15, -0.1) is 0 Å². The van der Waals surface area contributed by atoms with Gasteiger partial charge in [0.25, 0.3) is 0 Å². The van der Waals surface area contributed by atoms with Crippen LogP contribution in [0.4, 0.5) is 4.79 Å². The van der Waals surface area contributed by atoms with E-state index < -0.39 is 6.16 Å². The molecule has 1 aliphatic rings. The monoisotopic (exact) mass is 206 g/mol. The van der Waals surface area contributed by atoms with E-state index in [1.807, 2.05) is 12.1 Å². The second-order valence-electron chi connectivity index (χ2n) is 4.02. The molecular formula is C12H14O3. The van der Waals surface area contributed by atoms with Crippen LogP contribution < -0.4 is 4.74 Å². The molecule has 0 aromatic heterocycles. The number of benzene rings is 1. The summed E-state index contributed by atoms with van der Waals surface area (Å²) in [7, 11) is 0. The summed E-state index contributed by atoms with van der Waals surface area (Å²) in [6.45, 7) is 2.20. The minimum atomic E-state index is -1.25. The normalized spacial score (nSPS) is 19.4. The maximum Gasteiger partial charge on any atom is 0.511 e. The van der Waals surface area contributed by atoms with E-state index in [1.165, 1.54) is 24.0 Å². The van der Waals surface area contributed by atoms with E-state index in [0.29, 0.717) is 11.7 Å². The molecular weight excluding hydrogens is 192 g/mol. The molecule has 3 nitrogen and oxygen atoms in total. The van der Waals surface area contributed by atoms with E-state index in [1.54, 1.807) is 6.07 Å². The second kappa shape index (κ2) is 3.93. The van der Waals surface area contributed by atoms with Crippen LogP contribution in [-0.4, -0.2) is 11.3 Å². The van der Waals surface area contributed by atoms with Gasteiger partial charge < -0.3 is 9.84 Å². The summed E-state index contributed by atoms with van der Waals surface area (Å²) in [6.07, 6.45) is 2.16. The minimum absolute atomic E-state index is 0.426. The van der Waals surface area contributed by atoms with Crippen LogP contribution in [0.25, 0.3) is 0 Å². The molecule has 80 valence electrons. The predicted molar refractivity (Wildman–Crippen MR) is 56.4 cm³/mol. The summed E-state index contributed by atoms with van der Waals surface area (Å²) in [5, 5.41) is 8.50. The fourth-order valence-electron chi connectivity index (χ4n) is 2.20. The van der Waals surface area contributed by atoms with E-state index in [4.69, 9.17) is 5.11 Å². The van der Waals surface area contributed by atoms with E-state index in [-0.39, 0.29) is 0 Å². The Labute approximate surface area is 88.7 Å². The van der Waals surface area contributed by atoms with Crippen LogP contribution in [0.5, 0.6) is 5.75 Å². The lowest BCUT2D eigenvalue weighted by Gasteiger charge is -2.22. The Morgan fingerprint density at radius 3 is 3.07 bits per heavy atom. The Bertz CT molecular complexity index is 384. The molecule has 0 spiro atoms. The lowest BCUT2D eigenvalue weighted by atomic mass is 9.84. The molecule has 2 rings (SSSR count). The first-order valence-electron chi connectivity index (χ1n) is 5.20. The van der Waals surface area contributed by atoms with E-state index in [9.17, 15) is 4.79 Å². The number of hydrogen-bond donors (Lipinski definition) is 1. The van der Waals surface area contributed by atoms with Crippen molar-refractivity contribution >= 4 is 6.16 Å². The van der Waals surface area contributed by atoms with Gasteiger partial charge >= 0.3 is 6.16 Å². The summed E-state index contributed by atoms with van der Waals surface area (Å²) < 4.78 is 4.63. The quantitative estimate of drug-likeness (QED) is 0.567. The van der Waals surface area contributed by atoms with Crippen LogP contribution in [-0.2, 0) is 6.42 Å². The van der Waals surface area contributed by atoms with Gasteiger partial charge in [0.1, 0.15) is 5.75 Å². The average Bonchev–Trinajstić information content (AvgIpc) is 2.17. The molecule has 0 saturated heterocycles. The zero-order valence-corrected chi connectivity index (χ0v) is 8.69. The Kier molecular flexibility index (Phi) is 2.62. The van der Waals surface area contributed by atoms with Gasteiger partial charge in [0.2, 0.25) is 0 Å². The highest BCUT2D eigenvalue weighted by Gasteiger charge is 2.17. The molecule has 0 bridgehead atoms. The Morgan fingerprint density at radius 2 is 2.33 bits per heavy atom. The summed E-state index contributed by atoms with van der Waals surface area (Å²) in [5.74, 6) is 1.00. The van der Waals surface area contributed by atoms with E-state index in [2.05, 4.69) is 11.7 Å². The SMILES string of the molecule is CC1CCCc2cc(OC(=O)O)ccc21. The average molecular weight is 206 g/mol. The number of fused-ring (bicyclic) bond motifs is 1. The molecule has 0 radical (unpaired) electrons. The summed E-state index contributed by atoms with van der Waals surface area (Å²) >= 11 is 0. The summed E-state index contributed by atoms with van der Waals surface area (Å²) in [6, 6.07) is 5.56. The van der Waals surface area contributed by atoms with Gasteiger partial charge in [0, 0.05) is 0 Å². The van der Waals surface area contributed by atoms with Crippen molar-refractivity contribution in [3.05, 3.63) is 29.3 Å². The third-order valence-electron chi connectivity index (χ3n) is 2.93. The highest BCUT2D eigenvalue weighted by atomic mass is 16.7. The number of hydrogen-bond acceptors (Lipinski definition) is 2. The zero-order chi connectivity index (χ0) is 10.8. The summed E-state index contributed by atoms with van der Waals surface area (Å²) in [5.41, 5.74) is 2.56. The number of rotatable bonds is 1. The first kappa shape index (κ1) is 10.0. The molecule has 1 aliphatic carbocycles. The number of aryl methyl sites for hydroxylation is 1. The van der Waals surface area contributed by atoms with Crippen LogP contribution in [0.15, 0.2) is 18.2 Å². The van der Waals surface area contributed by atoms with Gasteiger partial charge in [-0.25, -0.2) is 4.79 Å². The lowest BCUT2D eigenvalue weighted by Crippen LogP contribution is -2.08. The van der Waals surface area contributed by atoms with Crippen molar-refractivity contribution in [2.45, 2.75) is 32.1 Å². The topological polar surface area (TPSA) is 46.5 Å². The van der Waals surface area contributed by atoms with Crippen molar-refractivity contribution < 1.29 is 14.6 Å². The first-order valence-corrected chi connectivity index (χ1v) is 5.20. The van der Waals surface area contributed by atoms with E-state index in [0.717, 1.165) is 6.42 Å². The molecule has 0 saturated carbocycles. The molecule has 0 heterocycles. The van der Waals surface area contributed by atoms with Crippen molar-refractivity contribution in [2.75, 3.05) is 0 Å². The molecule has 1 N–H and O–H groups in total. The van der Waals surface area contributed by atoms with Crippen molar-refractivity contribution in [1.82, 2.24) is 0 Å². The molecule has 1 atom stereocenters. The van der Waals surface area contributed by atoms with Crippen LogP contribution in [0.2, 0.25) is 0 Å².